The molecule has 0 bridgehead atoms. The standard InChI is InChI=1S/C11H23N3S/c1-13-5-7-14(8-6-13)4-3-12-11-2-9-15-10-11/h11-12H,2-10H2,1H3. The zero-order chi connectivity index (χ0) is 10.5. The molecule has 0 spiro atoms. The van der Waals surface area contributed by atoms with Crippen molar-refractivity contribution in [1.29, 1.82) is 0 Å². The molecule has 1 N–H and O–H groups in total. The fourth-order valence-corrected chi connectivity index (χ4v) is 3.38. The van der Waals surface area contributed by atoms with Crippen LogP contribution in [0, 0.1) is 0 Å². The van der Waals surface area contributed by atoms with Crippen molar-refractivity contribution >= 4 is 11.8 Å². The Bertz CT molecular complexity index is 175. The minimum Gasteiger partial charge on any atom is -0.312 e. The molecule has 0 aliphatic carbocycles. The third-order valence-corrected chi connectivity index (χ3v) is 4.55. The quantitative estimate of drug-likeness (QED) is 0.748. The van der Waals surface area contributed by atoms with Gasteiger partial charge in [-0.25, -0.2) is 0 Å². The second kappa shape index (κ2) is 6.09. The van der Waals surface area contributed by atoms with Crippen LogP contribution in [0.1, 0.15) is 6.42 Å². The number of thioether (sulfide) groups is 1. The van der Waals surface area contributed by atoms with Crippen LogP contribution in [0.4, 0.5) is 0 Å². The van der Waals surface area contributed by atoms with Crippen molar-refractivity contribution in [2.45, 2.75) is 12.5 Å². The van der Waals surface area contributed by atoms with Gasteiger partial charge in [-0.2, -0.15) is 11.8 Å². The van der Waals surface area contributed by atoms with Crippen molar-refractivity contribution in [2.75, 3.05) is 57.8 Å². The van der Waals surface area contributed by atoms with Gasteiger partial charge in [0.15, 0.2) is 0 Å². The first-order valence-corrected chi connectivity index (χ1v) is 7.22. The van der Waals surface area contributed by atoms with Crippen LogP contribution in [0.5, 0.6) is 0 Å². The molecule has 2 rings (SSSR count). The van der Waals surface area contributed by atoms with E-state index in [1.54, 1.807) is 0 Å². The van der Waals surface area contributed by atoms with Crippen LogP contribution in [0.3, 0.4) is 0 Å². The molecule has 2 heterocycles. The van der Waals surface area contributed by atoms with Crippen molar-refractivity contribution in [2.24, 2.45) is 0 Å². The molecule has 0 aromatic carbocycles. The van der Waals surface area contributed by atoms with Gasteiger partial charge in [-0.05, 0) is 19.2 Å². The Hall–Kier alpha value is 0.230. The average molecular weight is 229 g/mol. The minimum absolute atomic E-state index is 0.794. The van der Waals surface area contributed by atoms with E-state index in [0.29, 0.717) is 0 Å². The first kappa shape index (κ1) is 11.7. The molecule has 2 aliphatic rings. The molecule has 2 saturated heterocycles. The zero-order valence-corrected chi connectivity index (χ0v) is 10.6. The van der Waals surface area contributed by atoms with Crippen molar-refractivity contribution in [3.05, 3.63) is 0 Å². The molecule has 0 aromatic heterocycles. The number of nitrogens with zero attached hydrogens (tertiary/aromatic N) is 2. The highest BCUT2D eigenvalue weighted by Crippen LogP contribution is 2.16. The van der Waals surface area contributed by atoms with Crippen molar-refractivity contribution < 1.29 is 0 Å². The number of rotatable bonds is 4. The Kier molecular flexibility index (Phi) is 4.75. The van der Waals surface area contributed by atoms with E-state index in [2.05, 4.69) is 33.9 Å². The molecule has 4 heteroatoms. The summed E-state index contributed by atoms with van der Waals surface area (Å²) >= 11 is 2.09. The first-order valence-electron chi connectivity index (χ1n) is 6.06. The highest BCUT2D eigenvalue weighted by Gasteiger charge is 2.16. The van der Waals surface area contributed by atoms with E-state index in [9.17, 15) is 0 Å². The average Bonchev–Trinajstić information content (AvgIpc) is 2.74. The minimum atomic E-state index is 0.794. The fraction of sp³-hybridized carbons (Fsp3) is 1.00. The molecular formula is C11H23N3S. The van der Waals surface area contributed by atoms with Gasteiger partial charge in [0.05, 0.1) is 0 Å². The Labute approximate surface area is 97.6 Å². The normalized spacial score (nSPS) is 29.8. The molecule has 88 valence electrons. The summed E-state index contributed by atoms with van der Waals surface area (Å²) in [6.07, 6.45) is 1.37. The SMILES string of the molecule is CN1CCN(CCNC2CCSC2)CC1. The summed E-state index contributed by atoms with van der Waals surface area (Å²) in [6.45, 7) is 7.37. The van der Waals surface area contributed by atoms with E-state index >= 15 is 0 Å². The molecule has 2 fully saturated rings. The lowest BCUT2D eigenvalue weighted by molar-refractivity contribution is 0.154. The summed E-state index contributed by atoms with van der Waals surface area (Å²) in [6, 6.07) is 0.794. The lowest BCUT2D eigenvalue weighted by Gasteiger charge is -2.32. The highest BCUT2D eigenvalue weighted by atomic mass is 32.2. The van der Waals surface area contributed by atoms with E-state index in [4.69, 9.17) is 0 Å². The summed E-state index contributed by atoms with van der Waals surface area (Å²) in [5.74, 6) is 2.68. The smallest absolute Gasteiger partial charge is 0.0166 e. The van der Waals surface area contributed by atoms with Crippen LogP contribution in [0.25, 0.3) is 0 Å². The maximum Gasteiger partial charge on any atom is 0.0166 e. The van der Waals surface area contributed by atoms with E-state index in [1.165, 1.54) is 57.2 Å². The van der Waals surface area contributed by atoms with Gasteiger partial charge in [-0.15, -0.1) is 0 Å². The molecule has 3 nitrogen and oxygen atoms in total. The molecule has 0 saturated carbocycles. The molecule has 1 unspecified atom stereocenters. The predicted molar refractivity (Wildman–Crippen MR) is 67.7 cm³/mol. The maximum absolute atomic E-state index is 3.66. The lowest BCUT2D eigenvalue weighted by atomic mass is 10.2. The van der Waals surface area contributed by atoms with Crippen LogP contribution in [0.15, 0.2) is 0 Å². The first-order chi connectivity index (χ1) is 7.34. The Morgan fingerprint density at radius 3 is 2.73 bits per heavy atom. The molecule has 0 radical (unpaired) electrons. The monoisotopic (exact) mass is 229 g/mol. The number of hydrogen-bond donors (Lipinski definition) is 1. The maximum atomic E-state index is 3.66. The zero-order valence-electron chi connectivity index (χ0n) is 9.74. The van der Waals surface area contributed by atoms with Crippen LogP contribution in [-0.4, -0.2) is 73.7 Å². The Morgan fingerprint density at radius 1 is 1.27 bits per heavy atom. The largest absolute Gasteiger partial charge is 0.312 e. The van der Waals surface area contributed by atoms with E-state index in [-0.39, 0.29) is 0 Å². The van der Waals surface area contributed by atoms with Gasteiger partial charge in [-0.1, -0.05) is 0 Å². The second-order valence-corrected chi connectivity index (χ2v) is 5.81. The van der Waals surface area contributed by atoms with E-state index in [1.807, 2.05) is 0 Å². The van der Waals surface area contributed by atoms with E-state index in [0.717, 1.165) is 6.04 Å². The fourth-order valence-electron chi connectivity index (χ4n) is 2.19. The topological polar surface area (TPSA) is 18.5 Å². The summed E-state index contributed by atoms with van der Waals surface area (Å²) in [5, 5.41) is 3.66. The Morgan fingerprint density at radius 2 is 2.07 bits per heavy atom. The molecule has 2 aliphatic heterocycles. The van der Waals surface area contributed by atoms with Gasteiger partial charge in [0.25, 0.3) is 0 Å². The van der Waals surface area contributed by atoms with Gasteiger partial charge in [0.1, 0.15) is 0 Å². The number of nitrogens with one attached hydrogen (secondary N) is 1. The van der Waals surface area contributed by atoms with Crippen LogP contribution in [-0.2, 0) is 0 Å². The summed E-state index contributed by atoms with van der Waals surface area (Å²) in [5.41, 5.74) is 0. The van der Waals surface area contributed by atoms with Gasteiger partial charge < -0.3 is 10.2 Å². The van der Waals surface area contributed by atoms with Crippen molar-refractivity contribution in [3.63, 3.8) is 0 Å². The van der Waals surface area contributed by atoms with Crippen LogP contribution in [0.2, 0.25) is 0 Å². The molecular weight excluding hydrogens is 206 g/mol. The van der Waals surface area contributed by atoms with Gasteiger partial charge in [-0.3, -0.25) is 4.90 Å². The second-order valence-electron chi connectivity index (χ2n) is 4.66. The summed E-state index contributed by atoms with van der Waals surface area (Å²) < 4.78 is 0. The lowest BCUT2D eigenvalue weighted by Crippen LogP contribution is -2.47. The van der Waals surface area contributed by atoms with Crippen LogP contribution < -0.4 is 5.32 Å². The third-order valence-electron chi connectivity index (χ3n) is 3.39. The van der Waals surface area contributed by atoms with Gasteiger partial charge in [0, 0.05) is 51.1 Å². The van der Waals surface area contributed by atoms with Crippen molar-refractivity contribution in [3.8, 4) is 0 Å². The summed E-state index contributed by atoms with van der Waals surface area (Å²) in [4.78, 5) is 4.99. The predicted octanol–water partition coefficient (Wildman–Crippen LogP) is 0.329. The molecule has 0 aromatic rings. The number of likely N-dealkylation sites (N-methyl/N-ethyl adjacent to an activating group) is 1. The number of piperazine rings is 1. The molecule has 1 atom stereocenters. The Balaban J connectivity index is 1.53. The van der Waals surface area contributed by atoms with Crippen LogP contribution >= 0.6 is 11.8 Å². The van der Waals surface area contributed by atoms with Gasteiger partial charge >= 0.3 is 0 Å². The van der Waals surface area contributed by atoms with Gasteiger partial charge in [0.2, 0.25) is 0 Å². The summed E-state index contributed by atoms with van der Waals surface area (Å²) in [7, 11) is 2.21. The third kappa shape index (κ3) is 3.94. The molecule has 15 heavy (non-hydrogen) atoms. The number of hydrogen-bond acceptors (Lipinski definition) is 4. The van der Waals surface area contributed by atoms with E-state index < -0.39 is 0 Å². The highest BCUT2D eigenvalue weighted by molar-refractivity contribution is 7.99. The van der Waals surface area contributed by atoms with Crippen molar-refractivity contribution in [1.82, 2.24) is 15.1 Å². The molecule has 0 amide bonds.